The number of allylic oxidation sites excluding steroid dienone is 1. The Balaban J connectivity index is 2.20. The van der Waals surface area contributed by atoms with E-state index in [9.17, 15) is 4.79 Å². The van der Waals surface area contributed by atoms with Crippen LogP contribution in [-0.2, 0) is 19.7 Å². The van der Waals surface area contributed by atoms with Crippen LogP contribution in [0.15, 0.2) is 24.3 Å². The van der Waals surface area contributed by atoms with E-state index in [2.05, 4.69) is 52.0 Å². The van der Waals surface area contributed by atoms with Crippen LogP contribution >= 0.6 is 0 Å². The Hall–Kier alpha value is -1.77. The Kier molecular flexibility index (Phi) is 4.47. The quantitative estimate of drug-likeness (QED) is 0.721. The Labute approximate surface area is 151 Å². The van der Waals surface area contributed by atoms with Crippen molar-refractivity contribution >= 4 is 11.7 Å². The normalized spacial score (nSPS) is 31.0. The van der Waals surface area contributed by atoms with Crippen LogP contribution < -0.4 is 0 Å². The molecule has 0 spiro atoms. The summed E-state index contributed by atoms with van der Waals surface area (Å²) in [5, 5.41) is 0. The number of hydrogen-bond acceptors (Lipinski definition) is 3. The SMILES string of the molecule is COC(=O)C1(C)CCCC2(C)c3ccc(C(C)C)cc3C(OC)=CC12. The minimum Gasteiger partial charge on any atom is -0.496 e. The molecular weight excluding hydrogens is 312 g/mol. The first-order valence-corrected chi connectivity index (χ1v) is 9.27. The van der Waals surface area contributed by atoms with Crippen LogP contribution in [0, 0.1) is 11.3 Å². The van der Waals surface area contributed by atoms with Crippen LogP contribution in [0.1, 0.15) is 69.6 Å². The van der Waals surface area contributed by atoms with E-state index < -0.39 is 5.41 Å². The molecular formula is C22H30O3. The molecule has 0 aromatic heterocycles. The third kappa shape index (κ3) is 2.59. The lowest BCUT2D eigenvalue weighted by molar-refractivity contribution is -0.158. The summed E-state index contributed by atoms with van der Waals surface area (Å²) in [6, 6.07) is 6.75. The third-order valence-corrected chi connectivity index (χ3v) is 6.55. The molecule has 1 aromatic carbocycles. The molecule has 0 N–H and O–H groups in total. The van der Waals surface area contributed by atoms with Crippen LogP contribution in [0.2, 0.25) is 0 Å². The second-order valence-electron chi connectivity index (χ2n) is 8.35. The fraction of sp³-hybridized carbons (Fsp3) is 0.591. The van der Waals surface area contributed by atoms with Gasteiger partial charge in [0.2, 0.25) is 0 Å². The maximum atomic E-state index is 12.6. The summed E-state index contributed by atoms with van der Waals surface area (Å²) in [7, 11) is 3.21. The van der Waals surface area contributed by atoms with Crippen molar-refractivity contribution in [3.63, 3.8) is 0 Å². The predicted molar refractivity (Wildman–Crippen MR) is 100 cm³/mol. The molecule has 1 saturated carbocycles. The van der Waals surface area contributed by atoms with Gasteiger partial charge in [0, 0.05) is 16.9 Å². The number of ether oxygens (including phenoxy) is 2. The maximum Gasteiger partial charge on any atom is 0.312 e. The largest absolute Gasteiger partial charge is 0.496 e. The van der Waals surface area contributed by atoms with Gasteiger partial charge >= 0.3 is 5.97 Å². The van der Waals surface area contributed by atoms with E-state index in [0.717, 1.165) is 25.0 Å². The molecule has 0 aliphatic heterocycles. The van der Waals surface area contributed by atoms with E-state index >= 15 is 0 Å². The lowest BCUT2D eigenvalue weighted by Gasteiger charge is -2.52. The molecule has 1 aromatic rings. The summed E-state index contributed by atoms with van der Waals surface area (Å²) in [5.41, 5.74) is 3.21. The van der Waals surface area contributed by atoms with Crippen LogP contribution in [0.25, 0.3) is 5.76 Å². The van der Waals surface area contributed by atoms with Gasteiger partial charge in [-0.1, -0.05) is 39.3 Å². The number of methoxy groups -OCH3 is 2. The minimum atomic E-state index is -0.514. The predicted octanol–water partition coefficient (Wildman–Crippen LogP) is 5.05. The van der Waals surface area contributed by atoms with Crippen LogP contribution in [0.3, 0.4) is 0 Å². The first kappa shape index (κ1) is 18.0. The molecule has 2 aliphatic rings. The smallest absolute Gasteiger partial charge is 0.312 e. The summed E-state index contributed by atoms with van der Waals surface area (Å²) in [4.78, 5) is 12.6. The number of carbonyl (C=O) groups excluding carboxylic acids is 1. The van der Waals surface area contributed by atoms with Crippen molar-refractivity contribution in [2.24, 2.45) is 11.3 Å². The molecule has 3 unspecified atom stereocenters. The second-order valence-corrected chi connectivity index (χ2v) is 8.35. The summed E-state index contributed by atoms with van der Waals surface area (Å²) in [6.07, 6.45) is 5.14. The van der Waals surface area contributed by atoms with Gasteiger partial charge in [-0.3, -0.25) is 4.79 Å². The Morgan fingerprint density at radius 2 is 1.92 bits per heavy atom. The summed E-state index contributed by atoms with van der Waals surface area (Å²) >= 11 is 0. The first-order chi connectivity index (χ1) is 11.8. The van der Waals surface area contributed by atoms with Crippen LogP contribution in [0.5, 0.6) is 0 Å². The summed E-state index contributed by atoms with van der Waals surface area (Å²) in [5.74, 6) is 1.32. The van der Waals surface area contributed by atoms with Crippen molar-refractivity contribution in [2.75, 3.05) is 14.2 Å². The van der Waals surface area contributed by atoms with Crippen LogP contribution in [-0.4, -0.2) is 20.2 Å². The molecule has 0 heterocycles. The van der Waals surface area contributed by atoms with Gasteiger partial charge in [-0.05, 0) is 49.0 Å². The zero-order valence-corrected chi connectivity index (χ0v) is 16.3. The Morgan fingerprint density at radius 1 is 1.20 bits per heavy atom. The average Bonchev–Trinajstić information content (AvgIpc) is 2.60. The molecule has 1 fully saturated rings. The molecule has 3 heteroatoms. The van der Waals surface area contributed by atoms with Gasteiger partial charge in [0.05, 0.1) is 19.6 Å². The van der Waals surface area contributed by atoms with E-state index in [4.69, 9.17) is 9.47 Å². The van der Waals surface area contributed by atoms with E-state index in [1.54, 1.807) is 7.11 Å². The molecule has 3 atom stereocenters. The highest BCUT2D eigenvalue weighted by Crippen LogP contribution is 2.57. The van der Waals surface area contributed by atoms with E-state index in [0.29, 0.717) is 5.92 Å². The average molecular weight is 342 g/mol. The van der Waals surface area contributed by atoms with Gasteiger partial charge in [0.25, 0.3) is 0 Å². The van der Waals surface area contributed by atoms with Gasteiger partial charge < -0.3 is 9.47 Å². The topological polar surface area (TPSA) is 35.5 Å². The molecule has 0 bridgehead atoms. The molecule has 0 amide bonds. The van der Waals surface area contributed by atoms with Crippen molar-refractivity contribution in [2.45, 2.75) is 58.3 Å². The number of carbonyl (C=O) groups is 1. The highest BCUT2D eigenvalue weighted by molar-refractivity contribution is 5.80. The number of esters is 1. The van der Waals surface area contributed by atoms with E-state index in [-0.39, 0.29) is 17.3 Å². The highest BCUT2D eigenvalue weighted by Gasteiger charge is 2.55. The standard InChI is InChI=1S/C22H30O3/c1-14(2)15-8-9-17-16(12-15)18(24-5)13-19-21(17,3)10-7-11-22(19,4)20(23)25-6/h8-9,12-14,19H,7,10-11H2,1-6H3. The number of fused-ring (bicyclic) bond motifs is 3. The van der Waals surface area contributed by atoms with Gasteiger partial charge in [0.15, 0.2) is 0 Å². The molecule has 0 saturated heterocycles. The molecule has 0 radical (unpaired) electrons. The fourth-order valence-electron chi connectivity index (χ4n) is 5.01. The molecule has 2 aliphatic carbocycles. The maximum absolute atomic E-state index is 12.6. The Bertz CT molecular complexity index is 718. The Morgan fingerprint density at radius 3 is 2.52 bits per heavy atom. The van der Waals surface area contributed by atoms with E-state index in [1.807, 2.05) is 0 Å². The summed E-state index contributed by atoms with van der Waals surface area (Å²) < 4.78 is 10.9. The van der Waals surface area contributed by atoms with Gasteiger partial charge in [-0.25, -0.2) is 0 Å². The van der Waals surface area contributed by atoms with Crippen molar-refractivity contribution in [1.29, 1.82) is 0 Å². The highest BCUT2D eigenvalue weighted by atomic mass is 16.5. The lowest BCUT2D eigenvalue weighted by Crippen LogP contribution is -2.51. The monoisotopic (exact) mass is 342 g/mol. The third-order valence-electron chi connectivity index (χ3n) is 6.55. The molecule has 25 heavy (non-hydrogen) atoms. The number of benzene rings is 1. The fourth-order valence-corrected chi connectivity index (χ4v) is 5.01. The van der Waals surface area contributed by atoms with Crippen molar-refractivity contribution < 1.29 is 14.3 Å². The van der Waals surface area contributed by atoms with Crippen molar-refractivity contribution in [3.05, 3.63) is 41.0 Å². The van der Waals surface area contributed by atoms with Gasteiger partial charge in [0.1, 0.15) is 5.76 Å². The zero-order valence-electron chi connectivity index (χ0n) is 16.3. The number of rotatable bonds is 3. The van der Waals surface area contributed by atoms with Crippen molar-refractivity contribution in [1.82, 2.24) is 0 Å². The zero-order chi connectivity index (χ0) is 18.4. The number of hydrogen-bond donors (Lipinski definition) is 0. The van der Waals surface area contributed by atoms with E-state index in [1.165, 1.54) is 23.8 Å². The summed E-state index contributed by atoms with van der Waals surface area (Å²) in [6.45, 7) is 8.77. The second kappa shape index (κ2) is 6.19. The van der Waals surface area contributed by atoms with Crippen molar-refractivity contribution in [3.8, 4) is 0 Å². The lowest BCUT2D eigenvalue weighted by atomic mass is 9.51. The first-order valence-electron chi connectivity index (χ1n) is 9.27. The molecule has 136 valence electrons. The molecule has 3 nitrogen and oxygen atoms in total. The van der Waals surface area contributed by atoms with Gasteiger partial charge in [-0.15, -0.1) is 0 Å². The molecule has 3 rings (SSSR count). The van der Waals surface area contributed by atoms with Gasteiger partial charge in [-0.2, -0.15) is 0 Å². The van der Waals surface area contributed by atoms with Crippen LogP contribution in [0.4, 0.5) is 0 Å². The minimum absolute atomic E-state index is 0.0753.